The van der Waals surface area contributed by atoms with Crippen molar-refractivity contribution in [1.29, 1.82) is 0 Å². The van der Waals surface area contributed by atoms with Gasteiger partial charge in [-0.2, -0.15) is 0 Å². The van der Waals surface area contributed by atoms with Crippen molar-refractivity contribution in [3.05, 3.63) is 124 Å². The number of hydrogen-bond donors (Lipinski definition) is 2. The summed E-state index contributed by atoms with van der Waals surface area (Å²) in [5, 5.41) is 15.2. The molecule has 1 unspecified atom stereocenters. The summed E-state index contributed by atoms with van der Waals surface area (Å²) in [6.45, 7) is 3.76. The molecule has 5 rings (SSSR count). The van der Waals surface area contributed by atoms with Crippen molar-refractivity contribution in [1.82, 2.24) is 0 Å². The fraction of sp³-hybridized carbons (Fsp3) is 0.125. The number of amides is 1. The van der Waals surface area contributed by atoms with E-state index in [1.54, 1.807) is 24.3 Å². The fourth-order valence-electron chi connectivity index (χ4n) is 4.91. The van der Waals surface area contributed by atoms with E-state index in [0.717, 1.165) is 22.5 Å². The van der Waals surface area contributed by atoms with Gasteiger partial charge < -0.3 is 15.2 Å². The summed E-state index contributed by atoms with van der Waals surface area (Å²) in [6.07, 6.45) is 0. The molecule has 1 heterocycles. The fourth-order valence-corrected chi connectivity index (χ4v) is 5.26. The maximum Gasteiger partial charge on any atom is 0.300 e. The second-order valence-corrected chi connectivity index (χ2v) is 9.86. The van der Waals surface area contributed by atoms with Crippen LogP contribution < -0.4 is 15.0 Å². The number of nitrogens with one attached hydrogen (secondary N) is 1. The van der Waals surface area contributed by atoms with Crippen molar-refractivity contribution >= 4 is 46.1 Å². The number of carbonyl (C=O) groups is 2. The number of ether oxygens (including phenoxy) is 1. The topological polar surface area (TPSA) is 78.9 Å². The number of rotatable bonds is 6. The summed E-state index contributed by atoms with van der Waals surface area (Å²) in [4.78, 5) is 28.5. The van der Waals surface area contributed by atoms with Crippen LogP contribution in [-0.2, 0) is 9.59 Å². The zero-order valence-corrected chi connectivity index (χ0v) is 22.5. The van der Waals surface area contributed by atoms with E-state index in [1.165, 1.54) is 12.0 Å². The number of ketones is 1. The minimum Gasteiger partial charge on any atom is -0.507 e. The van der Waals surface area contributed by atoms with E-state index in [1.807, 2.05) is 80.6 Å². The molecule has 2 N–H and O–H groups in total. The SMILES string of the molecule is COc1c(Cl)cc(C)cc1/C(O)=C1\C(=O)C(=O)N(c2ccc(Nc3ccccc3)cc2)C1c1cccc(C)c1. The molecule has 0 aromatic heterocycles. The predicted octanol–water partition coefficient (Wildman–Crippen LogP) is 7.34. The molecule has 4 aromatic rings. The lowest BCUT2D eigenvalue weighted by Gasteiger charge is -2.26. The standard InChI is InChI=1S/C32H27ClN2O4/c1-19-8-7-9-21(16-19)28-27(29(36)25-17-20(2)18-26(33)31(25)39-3)30(37)32(38)35(28)24-14-12-23(13-15-24)34-22-10-5-4-6-11-22/h4-18,28,34,36H,1-3H3/b29-27+. The Labute approximate surface area is 232 Å². The average Bonchev–Trinajstić information content (AvgIpc) is 3.19. The molecule has 39 heavy (non-hydrogen) atoms. The Bertz CT molecular complexity index is 1600. The van der Waals surface area contributed by atoms with E-state index in [-0.39, 0.29) is 22.6 Å². The number of aryl methyl sites for hydroxylation is 2. The molecular formula is C32H27ClN2O4. The van der Waals surface area contributed by atoms with Crippen molar-refractivity contribution in [3.63, 3.8) is 0 Å². The number of para-hydroxylation sites is 1. The molecule has 0 bridgehead atoms. The molecule has 1 amide bonds. The van der Waals surface area contributed by atoms with Gasteiger partial charge in [0.2, 0.25) is 0 Å². The van der Waals surface area contributed by atoms with Crippen LogP contribution in [0.5, 0.6) is 5.75 Å². The third-order valence-corrected chi connectivity index (χ3v) is 6.94. The first-order valence-electron chi connectivity index (χ1n) is 12.4. The predicted molar refractivity (Wildman–Crippen MR) is 155 cm³/mol. The number of aliphatic hydroxyl groups excluding tert-OH is 1. The lowest BCUT2D eigenvalue weighted by molar-refractivity contribution is -0.132. The van der Waals surface area contributed by atoms with Crippen LogP contribution in [0.2, 0.25) is 5.02 Å². The van der Waals surface area contributed by atoms with Gasteiger partial charge in [0, 0.05) is 17.1 Å². The van der Waals surface area contributed by atoms with E-state index >= 15 is 0 Å². The average molecular weight is 539 g/mol. The first-order chi connectivity index (χ1) is 18.8. The van der Waals surface area contributed by atoms with E-state index in [0.29, 0.717) is 16.3 Å². The molecule has 0 saturated carbocycles. The highest BCUT2D eigenvalue weighted by Crippen LogP contribution is 2.44. The summed E-state index contributed by atoms with van der Waals surface area (Å²) in [7, 11) is 1.44. The molecule has 1 aliphatic heterocycles. The summed E-state index contributed by atoms with van der Waals surface area (Å²) in [6, 6.07) is 27.1. The normalized spacial score (nSPS) is 16.4. The molecule has 0 aliphatic carbocycles. The first-order valence-corrected chi connectivity index (χ1v) is 12.8. The minimum absolute atomic E-state index is 0.0305. The van der Waals surface area contributed by atoms with Crippen LogP contribution in [0.3, 0.4) is 0 Å². The number of carbonyl (C=O) groups excluding carboxylic acids is 2. The van der Waals surface area contributed by atoms with Gasteiger partial charge in [0.15, 0.2) is 0 Å². The van der Waals surface area contributed by atoms with Crippen molar-refractivity contribution in [2.75, 3.05) is 17.3 Å². The zero-order valence-electron chi connectivity index (χ0n) is 21.7. The lowest BCUT2D eigenvalue weighted by atomic mass is 9.93. The molecule has 7 heteroatoms. The summed E-state index contributed by atoms with van der Waals surface area (Å²) in [5.74, 6) is -1.63. The third-order valence-electron chi connectivity index (χ3n) is 6.66. The van der Waals surface area contributed by atoms with E-state index in [4.69, 9.17) is 16.3 Å². The van der Waals surface area contributed by atoms with Gasteiger partial charge in [-0.3, -0.25) is 14.5 Å². The van der Waals surface area contributed by atoms with Crippen molar-refractivity contribution in [2.24, 2.45) is 0 Å². The van der Waals surface area contributed by atoms with Crippen LogP contribution in [0.15, 0.2) is 96.6 Å². The van der Waals surface area contributed by atoms with Crippen molar-refractivity contribution in [2.45, 2.75) is 19.9 Å². The molecule has 1 fully saturated rings. The van der Waals surface area contributed by atoms with E-state index < -0.39 is 17.7 Å². The van der Waals surface area contributed by atoms with E-state index in [9.17, 15) is 14.7 Å². The maximum absolute atomic E-state index is 13.6. The Morgan fingerprint density at radius 3 is 2.23 bits per heavy atom. The highest BCUT2D eigenvalue weighted by molar-refractivity contribution is 6.51. The van der Waals surface area contributed by atoms with Gasteiger partial charge >= 0.3 is 0 Å². The van der Waals surface area contributed by atoms with Crippen LogP contribution in [0.4, 0.5) is 17.1 Å². The lowest BCUT2D eigenvalue weighted by Crippen LogP contribution is -2.29. The van der Waals surface area contributed by atoms with Gasteiger partial charge in [-0.1, -0.05) is 59.6 Å². The Balaban J connectivity index is 1.64. The van der Waals surface area contributed by atoms with Crippen LogP contribution in [0.1, 0.15) is 28.3 Å². The highest BCUT2D eigenvalue weighted by Gasteiger charge is 2.47. The highest BCUT2D eigenvalue weighted by atomic mass is 35.5. The van der Waals surface area contributed by atoms with Crippen LogP contribution >= 0.6 is 11.6 Å². The Morgan fingerprint density at radius 2 is 1.56 bits per heavy atom. The number of aliphatic hydroxyl groups is 1. The van der Waals surface area contributed by atoms with Crippen molar-refractivity contribution < 1.29 is 19.4 Å². The van der Waals surface area contributed by atoms with Gasteiger partial charge in [-0.05, 0) is 73.5 Å². The quantitative estimate of drug-likeness (QED) is 0.152. The number of Topliss-reactive ketones (excluding diaryl/α,β-unsaturated/α-hetero) is 1. The molecule has 0 radical (unpaired) electrons. The molecular weight excluding hydrogens is 512 g/mol. The Hall–Kier alpha value is -4.55. The van der Waals surface area contributed by atoms with Crippen LogP contribution in [-0.4, -0.2) is 23.9 Å². The van der Waals surface area contributed by atoms with Crippen LogP contribution in [0, 0.1) is 13.8 Å². The van der Waals surface area contributed by atoms with Gasteiger partial charge in [0.25, 0.3) is 11.7 Å². The minimum atomic E-state index is -0.859. The van der Waals surface area contributed by atoms with Crippen LogP contribution in [0.25, 0.3) is 5.76 Å². The molecule has 196 valence electrons. The molecule has 0 spiro atoms. The maximum atomic E-state index is 13.6. The number of hydrogen-bond acceptors (Lipinski definition) is 5. The summed E-state index contributed by atoms with van der Waals surface area (Å²) >= 11 is 6.40. The molecule has 6 nitrogen and oxygen atoms in total. The Morgan fingerprint density at radius 1 is 0.872 bits per heavy atom. The first kappa shape index (κ1) is 26.1. The second kappa shape index (κ2) is 10.7. The van der Waals surface area contributed by atoms with Gasteiger partial charge in [0.1, 0.15) is 11.5 Å². The second-order valence-electron chi connectivity index (χ2n) is 9.45. The third kappa shape index (κ3) is 4.99. The number of benzene rings is 4. The smallest absolute Gasteiger partial charge is 0.300 e. The number of nitrogens with zero attached hydrogens (tertiary/aromatic N) is 1. The van der Waals surface area contributed by atoms with Gasteiger partial charge in [0.05, 0.1) is 29.3 Å². The molecule has 4 aromatic carbocycles. The number of halogens is 1. The molecule has 1 atom stereocenters. The van der Waals surface area contributed by atoms with Crippen molar-refractivity contribution in [3.8, 4) is 5.75 Å². The number of anilines is 3. The van der Waals surface area contributed by atoms with E-state index in [2.05, 4.69) is 5.32 Å². The monoisotopic (exact) mass is 538 g/mol. The zero-order chi connectivity index (χ0) is 27.7. The number of methoxy groups -OCH3 is 1. The summed E-state index contributed by atoms with van der Waals surface area (Å²) < 4.78 is 5.46. The molecule has 1 saturated heterocycles. The molecule has 1 aliphatic rings. The van der Waals surface area contributed by atoms with Gasteiger partial charge in [-0.25, -0.2) is 0 Å². The Kier molecular flexibility index (Phi) is 7.13. The van der Waals surface area contributed by atoms with Gasteiger partial charge in [-0.15, -0.1) is 0 Å². The largest absolute Gasteiger partial charge is 0.507 e. The summed E-state index contributed by atoms with van der Waals surface area (Å²) in [5.41, 5.74) is 4.92.